The molecule has 0 spiro atoms. The van der Waals surface area contributed by atoms with Gasteiger partial charge in [0, 0.05) is 11.3 Å². The molecule has 1 aromatic heterocycles. The Hall–Kier alpha value is -2.16. The summed E-state index contributed by atoms with van der Waals surface area (Å²) in [5.74, 6) is -0.127. The molecular formula is C22H27NO2. The van der Waals surface area contributed by atoms with Crippen LogP contribution in [0, 0.1) is 5.41 Å². The van der Waals surface area contributed by atoms with Gasteiger partial charge in [-0.1, -0.05) is 58.0 Å². The summed E-state index contributed by atoms with van der Waals surface area (Å²) in [7, 11) is 1.45. The first-order valence-corrected chi connectivity index (χ1v) is 9.03. The molecule has 1 heterocycles. The first-order chi connectivity index (χ1) is 11.8. The van der Waals surface area contributed by atoms with Gasteiger partial charge in [-0.2, -0.15) is 0 Å². The lowest BCUT2D eigenvalue weighted by Crippen LogP contribution is -2.26. The van der Waals surface area contributed by atoms with Crippen molar-refractivity contribution in [2.75, 3.05) is 7.11 Å². The lowest BCUT2D eigenvalue weighted by atomic mass is 9.73. The van der Waals surface area contributed by atoms with Crippen molar-refractivity contribution in [2.45, 2.75) is 52.9 Å². The van der Waals surface area contributed by atoms with E-state index in [4.69, 9.17) is 9.72 Å². The quantitative estimate of drug-likeness (QED) is 0.725. The zero-order valence-electron chi connectivity index (χ0n) is 15.8. The molecule has 0 N–H and O–H groups in total. The van der Waals surface area contributed by atoms with E-state index in [0.29, 0.717) is 5.56 Å². The fourth-order valence-corrected chi connectivity index (χ4v) is 3.76. The molecule has 0 saturated carbocycles. The van der Waals surface area contributed by atoms with Crippen LogP contribution in [0.5, 0.6) is 0 Å². The van der Waals surface area contributed by atoms with Crippen molar-refractivity contribution in [3.05, 3.63) is 52.8 Å². The Kier molecular flexibility index (Phi) is 4.68. The average molecular weight is 337 g/mol. The van der Waals surface area contributed by atoms with Gasteiger partial charge in [-0.15, -0.1) is 0 Å². The predicted molar refractivity (Wildman–Crippen MR) is 101 cm³/mol. The minimum Gasteiger partial charge on any atom is -0.465 e. The lowest BCUT2D eigenvalue weighted by Gasteiger charge is -2.33. The van der Waals surface area contributed by atoms with E-state index in [1.165, 1.54) is 12.7 Å². The van der Waals surface area contributed by atoms with Gasteiger partial charge in [0.1, 0.15) is 0 Å². The lowest BCUT2D eigenvalue weighted by molar-refractivity contribution is 0.0599. The van der Waals surface area contributed by atoms with E-state index in [1.807, 2.05) is 18.2 Å². The molecule has 0 bridgehead atoms. The van der Waals surface area contributed by atoms with Crippen LogP contribution in [0.15, 0.2) is 30.3 Å². The van der Waals surface area contributed by atoms with E-state index in [0.717, 1.165) is 41.8 Å². The third-order valence-electron chi connectivity index (χ3n) is 5.10. The topological polar surface area (TPSA) is 39.2 Å². The van der Waals surface area contributed by atoms with Gasteiger partial charge < -0.3 is 4.74 Å². The van der Waals surface area contributed by atoms with Gasteiger partial charge in [0.2, 0.25) is 0 Å². The normalized spacial score (nSPS) is 15.8. The third kappa shape index (κ3) is 3.33. The summed E-state index contributed by atoms with van der Waals surface area (Å²) in [6, 6.07) is 10.2. The number of nitrogens with zero attached hydrogens (tertiary/aromatic N) is 1. The van der Waals surface area contributed by atoms with Gasteiger partial charge in [-0.3, -0.25) is 4.98 Å². The standard InChI is InChI=1S/C22H27NO2/c1-14(2)20-19(21(24)25-5)18(15-9-7-6-8-10-15)16-13-22(3,4)12-11-17(16)23-20/h6-10,14H,11-13H2,1-5H3. The third-order valence-corrected chi connectivity index (χ3v) is 5.10. The number of ether oxygens (including phenoxy) is 1. The zero-order chi connectivity index (χ0) is 18.2. The number of benzene rings is 1. The molecule has 3 nitrogen and oxygen atoms in total. The molecule has 0 aliphatic heterocycles. The SMILES string of the molecule is COC(=O)c1c(C(C)C)nc2c(c1-c1ccccc1)CC(C)(C)CC2. The number of esters is 1. The molecule has 0 unspecified atom stereocenters. The summed E-state index contributed by atoms with van der Waals surface area (Å²) in [4.78, 5) is 17.7. The first-order valence-electron chi connectivity index (χ1n) is 9.03. The van der Waals surface area contributed by atoms with E-state index >= 15 is 0 Å². The number of fused-ring (bicyclic) bond motifs is 1. The Balaban J connectivity index is 2.38. The van der Waals surface area contributed by atoms with Crippen LogP contribution in [0.2, 0.25) is 0 Å². The summed E-state index contributed by atoms with van der Waals surface area (Å²) in [6.07, 6.45) is 3.02. The van der Waals surface area contributed by atoms with Crippen molar-refractivity contribution in [2.24, 2.45) is 5.41 Å². The molecule has 2 aromatic rings. The monoisotopic (exact) mass is 337 g/mol. The van der Waals surface area contributed by atoms with Crippen molar-refractivity contribution < 1.29 is 9.53 Å². The van der Waals surface area contributed by atoms with E-state index < -0.39 is 0 Å². The number of aryl methyl sites for hydroxylation is 1. The van der Waals surface area contributed by atoms with E-state index in [2.05, 4.69) is 39.8 Å². The summed E-state index contributed by atoms with van der Waals surface area (Å²) in [5, 5.41) is 0. The zero-order valence-corrected chi connectivity index (χ0v) is 15.8. The summed E-state index contributed by atoms with van der Waals surface area (Å²) >= 11 is 0. The van der Waals surface area contributed by atoms with Crippen LogP contribution in [-0.2, 0) is 17.6 Å². The highest BCUT2D eigenvalue weighted by atomic mass is 16.5. The Bertz CT molecular complexity index is 791. The van der Waals surface area contributed by atoms with Crippen molar-refractivity contribution in [1.82, 2.24) is 4.98 Å². The average Bonchev–Trinajstić information content (AvgIpc) is 2.59. The van der Waals surface area contributed by atoms with Gasteiger partial charge in [-0.05, 0) is 41.7 Å². The fourth-order valence-electron chi connectivity index (χ4n) is 3.76. The van der Waals surface area contributed by atoms with Gasteiger partial charge in [0.25, 0.3) is 0 Å². The smallest absolute Gasteiger partial charge is 0.340 e. The summed E-state index contributed by atoms with van der Waals surface area (Å²) in [6.45, 7) is 8.75. The number of hydrogen-bond donors (Lipinski definition) is 0. The number of methoxy groups -OCH3 is 1. The minimum absolute atomic E-state index is 0.164. The number of aromatic nitrogens is 1. The van der Waals surface area contributed by atoms with Crippen molar-refractivity contribution in [1.29, 1.82) is 0 Å². The molecule has 0 saturated heterocycles. The second-order valence-electron chi connectivity index (χ2n) is 8.03. The molecule has 1 aliphatic rings. The van der Waals surface area contributed by atoms with Crippen LogP contribution in [0.3, 0.4) is 0 Å². The predicted octanol–water partition coefficient (Wildman–Crippen LogP) is 5.17. The Morgan fingerprint density at radius 1 is 1.20 bits per heavy atom. The fraction of sp³-hybridized carbons (Fsp3) is 0.455. The van der Waals surface area contributed by atoms with Crippen LogP contribution in [0.4, 0.5) is 0 Å². The highest BCUT2D eigenvalue weighted by molar-refractivity contribution is 5.99. The second kappa shape index (κ2) is 6.62. The van der Waals surface area contributed by atoms with E-state index in [-0.39, 0.29) is 17.3 Å². The van der Waals surface area contributed by atoms with Crippen LogP contribution < -0.4 is 0 Å². The molecule has 132 valence electrons. The Morgan fingerprint density at radius 2 is 1.88 bits per heavy atom. The van der Waals surface area contributed by atoms with E-state index in [1.54, 1.807) is 0 Å². The molecule has 3 heteroatoms. The molecule has 1 aliphatic carbocycles. The number of hydrogen-bond acceptors (Lipinski definition) is 3. The number of carbonyl (C=O) groups excluding carboxylic acids is 1. The molecular weight excluding hydrogens is 310 g/mol. The van der Waals surface area contributed by atoms with E-state index in [9.17, 15) is 4.79 Å². The Morgan fingerprint density at radius 3 is 2.48 bits per heavy atom. The maximum Gasteiger partial charge on any atom is 0.340 e. The van der Waals surface area contributed by atoms with Crippen LogP contribution >= 0.6 is 0 Å². The van der Waals surface area contributed by atoms with Crippen LogP contribution in [0.25, 0.3) is 11.1 Å². The number of rotatable bonds is 3. The van der Waals surface area contributed by atoms with Gasteiger partial charge in [0.15, 0.2) is 0 Å². The van der Waals surface area contributed by atoms with Gasteiger partial charge >= 0.3 is 5.97 Å². The highest BCUT2D eigenvalue weighted by Crippen LogP contribution is 2.42. The van der Waals surface area contributed by atoms with Gasteiger partial charge in [-0.25, -0.2) is 4.79 Å². The van der Waals surface area contributed by atoms with Crippen molar-refractivity contribution in [3.63, 3.8) is 0 Å². The molecule has 25 heavy (non-hydrogen) atoms. The molecule has 0 fully saturated rings. The molecule has 0 atom stereocenters. The Labute approximate surface area is 150 Å². The number of carbonyl (C=O) groups is 1. The minimum atomic E-state index is -0.291. The molecule has 3 rings (SSSR count). The molecule has 0 amide bonds. The maximum absolute atomic E-state index is 12.7. The number of pyridine rings is 1. The molecule has 1 aromatic carbocycles. The largest absolute Gasteiger partial charge is 0.465 e. The first kappa shape index (κ1) is 17.7. The van der Waals surface area contributed by atoms with Crippen LogP contribution in [0.1, 0.15) is 67.3 Å². The molecule has 0 radical (unpaired) electrons. The highest BCUT2D eigenvalue weighted by Gasteiger charge is 2.33. The maximum atomic E-state index is 12.7. The second-order valence-corrected chi connectivity index (χ2v) is 8.03. The van der Waals surface area contributed by atoms with Crippen molar-refractivity contribution >= 4 is 5.97 Å². The van der Waals surface area contributed by atoms with Crippen LogP contribution in [-0.4, -0.2) is 18.1 Å². The van der Waals surface area contributed by atoms with Crippen molar-refractivity contribution in [3.8, 4) is 11.1 Å². The summed E-state index contributed by atoms with van der Waals surface area (Å²) < 4.78 is 5.15. The van der Waals surface area contributed by atoms with Gasteiger partial charge in [0.05, 0.1) is 18.4 Å². The summed E-state index contributed by atoms with van der Waals surface area (Å²) in [5.41, 5.74) is 6.16.